The fourth-order valence-corrected chi connectivity index (χ4v) is 6.08. The number of anilines is 2. The molecule has 2 amide bonds. The number of amides is 2. The van der Waals surface area contributed by atoms with E-state index < -0.39 is 6.04 Å². The number of nitrogens with two attached hydrogens (primary N) is 1. The lowest BCUT2D eigenvalue weighted by Gasteiger charge is -2.28. The van der Waals surface area contributed by atoms with Crippen LogP contribution < -0.4 is 26.0 Å². The molecule has 258 valence electrons. The summed E-state index contributed by atoms with van der Waals surface area (Å²) in [5, 5.41) is 20.1. The lowest BCUT2D eigenvalue weighted by atomic mass is 9.81. The first-order chi connectivity index (χ1) is 24.4. The van der Waals surface area contributed by atoms with Crippen molar-refractivity contribution in [2.45, 2.75) is 44.8 Å². The average Bonchev–Trinajstić information content (AvgIpc) is 3.70. The smallest absolute Gasteiger partial charge is 0.247 e. The summed E-state index contributed by atoms with van der Waals surface area (Å²) in [5.41, 5.74) is 10.6. The number of rotatable bonds is 13. The van der Waals surface area contributed by atoms with E-state index in [1.807, 2.05) is 73.6 Å². The molecule has 0 spiro atoms. The van der Waals surface area contributed by atoms with E-state index in [1.54, 1.807) is 30.5 Å². The average molecular weight is 675 g/mol. The Kier molecular flexibility index (Phi) is 11.0. The van der Waals surface area contributed by atoms with Crippen LogP contribution in [-0.4, -0.2) is 69.1 Å². The number of aromatic nitrogens is 6. The van der Waals surface area contributed by atoms with Gasteiger partial charge in [-0.1, -0.05) is 54.6 Å². The monoisotopic (exact) mass is 674 g/mol. The maximum absolute atomic E-state index is 13.9. The summed E-state index contributed by atoms with van der Waals surface area (Å²) >= 11 is 0. The molecule has 2 heterocycles. The van der Waals surface area contributed by atoms with Gasteiger partial charge in [0.1, 0.15) is 12.6 Å². The van der Waals surface area contributed by atoms with Gasteiger partial charge in [-0.2, -0.15) is 10.2 Å². The lowest BCUT2D eigenvalue weighted by molar-refractivity contribution is -0.130. The second-order valence-corrected chi connectivity index (χ2v) is 12.8. The minimum absolute atomic E-state index is 0.117. The Morgan fingerprint density at radius 2 is 1.72 bits per heavy atom. The summed E-state index contributed by atoms with van der Waals surface area (Å²) in [5.74, 6) is 1.26. The largest absolute Gasteiger partial charge is 0.472 e. The first-order valence-corrected chi connectivity index (χ1v) is 16.8. The van der Waals surface area contributed by atoms with Gasteiger partial charge in [-0.3, -0.25) is 9.59 Å². The first kappa shape index (κ1) is 34.2. The van der Waals surface area contributed by atoms with Crippen LogP contribution in [0.3, 0.4) is 0 Å². The van der Waals surface area contributed by atoms with E-state index in [0.29, 0.717) is 42.4 Å². The highest BCUT2D eigenvalue weighted by atomic mass is 16.5. The molecule has 1 unspecified atom stereocenters. The molecule has 2 aromatic heterocycles. The quantitative estimate of drug-likeness (QED) is 0.140. The third kappa shape index (κ3) is 8.66. The van der Waals surface area contributed by atoms with Gasteiger partial charge in [-0.15, -0.1) is 10.2 Å². The van der Waals surface area contributed by atoms with E-state index in [4.69, 9.17) is 15.5 Å². The number of ether oxygens (including phenoxy) is 1. The Labute approximate surface area is 291 Å². The van der Waals surface area contributed by atoms with Gasteiger partial charge in [0.15, 0.2) is 0 Å². The van der Waals surface area contributed by atoms with Crippen LogP contribution in [0, 0.1) is 11.8 Å². The van der Waals surface area contributed by atoms with Crippen LogP contribution in [0.1, 0.15) is 36.8 Å². The Bertz CT molecular complexity index is 1860. The molecule has 1 fully saturated rings. The standard InChI is InChI=1S/C37H42N10O3/c1-47(2)37-39-22-31(36(42-37)50-23-25-7-4-3-5-8-25)29-10-6-9-26(19-29)20-32(41-34(48)28-13-11-24(21-38)12-14-28)35(49)40-30-17-15-27(16-18-30)33-43-45-46-44-33/h3-10,15-19,22,24,28,32H,11-14,20-21,23,38H2,1-2H3,(H,40,49)(H,41,48)(H,43,44,45,46). The van der Waals surface area contributed by atoms with Gasteiger partial charge < -0.3 is 26.0 Å². The van der Waals surface area contributed by atoms with Crippen molar-refractivity contribution in [2.24, 2.45) is 17.6 Å². The van der Waals surface area contributed by atoms with E-state index in [1.165, 1.54) is 0 Å². The zero-order valence-electron chi connectivity index (χ0n) is 28.3. The number of carbonyl (C=O) groups excluding carboxylic acids is 2. The highest BCUT2D eigenvalue weighted by molar-refractivity contribution is 5.97. The number of tetrazole rings is 1. The van der Waals surface area contributed by atoms with Gasteiger partial charge in [0, 0.05) is 43.9 Å². The van der Waals surface area contributed by atoms with Crippen LogP contribution >= 0.6 is 0 Å². The second kappa shape index (κ2) is 16.1. The van der Waals surface area contributed by atoms with Crippen molar-refractivity contribution >= 4 is 23.5 Å². The molecule has 3 aromatic carbocycles. The van der Waals surface area contributed by atoms with Gasteiger partial charge in [-0.05, 0) is 84.3 Å². The van der Waals surface area contributed by atoms with Gasteiger partial charge in [0.25, 0.3) is 0 Å². The van der Waals surface area contributed by atoms with Crippen LogP contribution in [0.15, 0.2) is 85.1 Å². The molecule has 0 saturated heterocycles. The van der Waals surface area contributed by atoms with Crippen LogP contribution in [0.4, 0.5) is 11.6 Å². The predicted molar refractivity (Wildman–Crippen MR) is 191 cm³/mol. The normalized spacial score (nSPS) is 16.3. The van der Waals surface area contributed by atoms with Gasteiger partial charge in [0.05, 0.1) is 5.56 Å². The first-order valence-electron chi connectivity index (χ1n) is 16.8. The summed E-state index contributed by atoms with van der Waals surface area (Å²) in [6, 6.07) is 24.0. The Balaban J connectivity index is 1.23. The van der Waals surface area contributed by atoms with E-state index in [0.717, 1.165) is 53.5 Å². The van der Waals surface area contributed by atoms with Gasteiger partial charge in [-0.25, -0.2) is 4.98 Å². The third-order valence-corrected chi connectivity index (χ3v) is 8.98. The summed E-state index contributed by atoms with van der Waals surface area (Å²) in [4.78, 5) is 38.5. The van der Waals surface area contributed by atoms with Gasteiger partial charge >= 0.3 is 0 Å². The number of nitrogens with one attached hydrogen (secondary N) is 3. The topological polar surface area (TPSA) is 177 Å². The summed E-state index contributed by atoms with van der Waals surface area (Å²) in [7, 11) is 3.75. The Morgan fingerprint density at radius 1 is 0.960 bits per heavy atom. The zero-order valence-corrected chi connectivity index (χ0v) is 28.3. The number of hydrogen-bond donors (Lipinski definition) is 4. The molecule has 0 bridgehead atoms. The SMILES string of the molecule is CN(C)c1ncc(-c2cccc(CC(NC(=O)C3CCC(CN)CC3)C(=O)Nc3ccc(-c4nn[nH]n4)cc3)c2)c(OCc2ccccc2)n1. The Morgan fingerprint density at radius 3 is 2.42 bits per heavy atom. The second-order valence-electron chi connectivity index (χ2n) is 12.8. The molecule has 13 heteroatoms. The molecular formula is C37H42N10O3. The van der Waals surface area contributed by atoms with Crippen LogP contribution in [0.25, 0.3) is 22.5 Å². The van der Waals surface area contributed by atoms with E-state index in [9.17, 15) is 9.59 Å². The van der Waals surface area contributed by atoms with E-state index in [-0.39, 0.29) is 24.2 Å². The number of benzene rings is 3. The van der Waals surface area contributed by atoms with Crippen molar-refractivity contribution in [3.8, 4) is 28.4 Å². The molecule has 13 nitrogen and oxygen atoms in total. The molecule has 1 atom stereocenters. The van der Waals surface area contributed by atoms with Crippen molar-refractivity contribution in [1.29, 1.82) is 0 Å². The maximum Gasteiger partial charge on any atom is 0.247 e. The summed E-state index contributed by atoms with van der Waals surface area (Å²) in [6.45, 7) is 0.970. The summed E-state index contributed by atoms with van der Waals surface area (Å²) in [6.07, 6.45) is 5.34. The zero-order chi connectivity index (χ0) is 34.9. The molecular weight excluding hydrogens is 632 g/mol. The third-order valence-electron chi connectivity index (χ3n) is 8.98. The molecule has 1 saturated carbocycles. The molecule has 6 rings (SSSR count). The molecule has 0 radical (unpaired) electrons. The minimum atomic E-state index is -0.831. The van der Waals surface area contributed by atoms with E-state index in [2.05, 4.69) is 36.2 Å². The van der Waals surface area contributed by atoms with Gasteiger partial charge in [0.2, 0.25) is 29.5 Å². The number of H-pyrrole nitrogens is 1. The fraction of sp³-hybridized carbons (Fsp3) is 0.324. The van der Waals surface area contributed by atoms with Crippen LogP contribution in [0.2, 0.25) is 0 Å². The van der Waals surface area contributed by atoms with Crippen molar-refractivity contribution in [3.05, 3.63) is 96.2 Å². The maximum atomic E-state index is 13.9. The van der Waals surface area contributed by atoms with Crippen molar-refractivity contribution < 1.29 is 14.3 Å². The lowest BCUT2D eigenvalue weighted by Crippen LogP contribution is -2.48. The number of hydrogen-bond acceptors (Lipinski definition) is 10. The minimum Gasteiger partial charge on any atom is -0.472 e. The van der Waals surface area contributed by atoms with Crippen molar-refractivity contribution in [2.75, 3.05) is 30.9 Å². The molecule has 5 N–H and O–H groups in total. The number of carbonyl (C=O) groups is 2. The molecule has 0 aliphatic heterocycles. The Hall–Kier alpha value is -5.69. The number of aromatic amines is 1. The molecule has 1 aliphatic carbocycles. The summed E-state index contributed by atoms with van der Waals surface area (Å²) < 4.78 is 6.24. The number of nitrogens with zero attached hydrogens (tertiary/aromatic N) is 6. The van der Waals surface area contributed by atoms with E-state index >= 15 is 0 Å². The fourth-order valence-electron chi connectivity index (χ4n) is 6.08. The van der Waals surface area contributed by atoms with Crippen molar-refractivity contribution in [3.63, 3.8) is 0 Å². The molecule has 1 aliphatic rings. The highest BCUT2D eigenvalue weighted by Gasteiger charge is 2.29. The van der Waals surface area contributed by atoms with Crippen LogP contribution in [0.5, 0.6) is 5.88 Å². The van der Waals surface area contributed by atoms with Crippen molar-refractivity contribution in [1.82, 2.24) is 35.9 Å². The molecule has 50 heavy (non-hydrogen) atoms. The predicted octanol–water partition coefficient (Wildman–Crippen LogP) is 4.40. The van der Waals surface area contributed by atoms with Crippen LogP contribution in [-0.2, 0) is 22.6 Å². The molecule has 5 aromatic rings. The highest BCUT2D eigenvalue weighted by Crippen LogP contribution is 2.31.